The lowest BCUT2D eigenvalue weighted by Crippen LogP contribution is -2.51. The van der Waals surface area contributed by atoms with E-state index in [1.165, 1.54) is 31.2 Å². The van der Waals surface area contributed by atoms with Crippen molar-refractivity contribution in [3.63, 3.8) is 0 Å². The van der Waals surface area contributed by atoms with Crippen molar-refractivity contribution in [1.82, 2.24) is 15.5 Å². The predicted molar refractivity (Wildman–Crippen MR) is 128 cm³/mol. The molecule has 1 unspecified atom stereocenters. The van der Waals surface area contributed by atoms with Crippen molar-refractivity contribution in [2.45, 2.75) is 95.5 Å². The molecular weight excluding hydrogens is 414 g/mol. The van der Waals surface area contributed by atoms with Crippen LogP contribution in [-0.4, -0.2) is 47.0 Å². The molecule has 0 radical (unpaired) electrons. The van der Waals surface area contributed by atoms with Gasteiger partial charge in [-0.15, -0.1) is 0 Å². The van der Waals surface area contributed by atoms with E-state index in [2.05, 4.69) is 43.2 Å². The van der Waals surface area contributed by atoms with Crippen LogP contribution in [0.2, 0.25) is 0 Å². The average molecular weight is 452 g/mol. The van der Waals surface area contributed by atoms with Crippen LogP contribution in [0.1, 0.15) is 80.3 Å². The number of hydrogen-bond donors (Lipinski definition) is 2. The standard InChI is InChI=1S/C27H37N3O3/c1-17-8-11-23(25(31)28-17)30-16-20-15-18(9-10-21(20)26(30)32)14-19-6-4-5-7-22(19)29-24-12-13-33-27(24,2)3/h9-10,15,19,22-24,29H,1,4-8,11-14,16H2,2-3H3,(H,28,31)/t19-,22+,23?,24-/m1/s1. The Labute approximate surface area is 197 Å². The Bertz CT molecular complexity index is 956. The van der Waals surface area contributed by atoms with Gasteiger partial charge in [0.1, 0.15) is 6.04 Å². The van der Waals surface area contributed by atoms with Gasteiger partial charge in [-0.2, -0.15) is 0 Å². The highest BCUT2D eigenvalue weighted by Crippen LogP contribution is 2.34. The number of piperidine rings is 1. The first-order chi connectivity index (χ1) is 15.8. The van der Waals surface area contributed by atoms with Gasteiger partial charge in [0.05, 0.1) is 5.60 Å². The van der Waals surface area contributed by atoms with Crippen molar-refractivity contribution in [1.29, 1.82) is 0 Å². The minimum Gasteiger partial charge on any atom is -0.374 e. The molecule has 6 nitrogen and oxygen atoms in total. The molecule has 3 fully saturated rings. The quantitative estimate of drug-likeness (QED) is 0.716. The van der Waals surface area contributed by atoms with Gasteiger partial charge in [-0.1, -0.05) is 31.6 Å². The lowest BCUT2D eigenvalue weighted by Gasteiger charge is -2.37. The Kier molecular flexibility index (Phi) is 6.08. The van der Waals surface area contributed by atoms with Gasteiger partial charge in [-0.25, -0.2) is 0 Å². The fourth-order valence-electron chi connectivity index (χ4n) is 6.24. The highest BCUT2D eigenvalue weighted by Gasteiger charge is 2.40. The van der Waals surface area contributed by atoms with Crippen LogP contribution < -0.4 is 10.6 Å². The summed E-state index contributed by atoms with van der Waals surface area (Å²) in [6, 6.07) is 6.83. The van der Waals surface area contributed by atoms with Gasteiger partial charge in [0.25, 0.3) is 5.91 Å². The highest BCUT2D eigenvalue weighted by atomic mass is 16.5. The first-order valence-corrected chi connectivity index (χ1v) is 12.6. The molecule has 4 atom stereocenters. The third kappa shape index (κ3) is 4.47. The highest BCUT2D eigenvalue weighted by molar-refractivity contribution is 6.01. The van der Waals surface area contributed by atoms with Crippen LogP contribution in [0.5, 0.6) is 0 Å². The van der Waals surface area contributed by atoms with Crippen molar-refractivity contribution >= 4 is 11.8 Å². The third-order valence-corrected chi connectivity index (χ3v) is 8.24. The van der Waals surface area contributed by atoms with E-state index >= 15 is 0 Å². The molecule has 0 spiro atoms. The molecule has 6 heteroatoms. The van der Waals surface area contributed by atoms with E-state index < -0.39 is 6.04 Å². The zero-order chi connectivity index (χ0) is 23.2. The summed E-state index contributed by atoms with van der Waals surface area (Å²) < 4.78 is 5.95. The van der Waals surface area contributed by atoms with Crippen molar-refractivity contribution < 1.29 is 14.3 Å². The fourth-order valence-corrected chi connectivity index (χ4v) is 6.24. The number of fused-ring (bicyclic) bond motifs is 1. The Hall–Kier alpha value is -2.18. The predicted octanol–water partition coefficient (Wildman–Crippen LogP) is 3.69. The van der Waals surface area contributed by atoms with Crippen LogP contribution in [0.4, 0.5) is 0 Å². The molecule has 1 aromatic carbocycles. The molecule has 3 heterocycles. The summed E-state index contributed by atoms with van der Waals surface area (Å²) >= 11 is 0. The molecule has 2 saturated heterocycles. The van der Waals surface area contributed by atoms with E-state index in [9.17, 15) is 9.59 Å². The fraction of sp³-hybridized carbons (Fsp3) is 0.630. The van der Waals surface area contributed by atoms with E-state index in [0.717, 1.165) is 42.7 Å². The molecule has 0 aromatic heterocycles. The van der Waals surface area contributed by atoms with Crippen LogP contribution in [0.3, 0.4) is 0 Å². The summed E-state index contributed by atoms with van der Waals surface area (Å²) in [5.74, 6) is 0.462. The molecule has 2 amide bonds. The molecule has 33 heavy (non-hydrogen) atoms. The molecule has 4 aliphatic rings. The van der Waals surface area contributed by atoms with E-state index in [0.29, 0.717) is 31.0 Å². The Morgan fingerprint density at radius 2 is 2.00 bits per heavy atom. The van der Waals surface area contributed by atoms with Gasteiger partial charge < -0.3 is 20.3 Å². The van der Waals surface area contributed by atoms with Crippen LogP contribution in [0.25, 0.3) is 0 Å². The number of allylic oxidation sites excluding steroid dienone is 1. The number of nitrogens with zero attached hydrogens (tertiary/aromatic N) is 1. The zero-order valence-corrected chi connectivity index (χ0v) is 20.0. The van der Waals surface area contributed by atoms with Crippen LogP contribution in [0, 0.1) is 5.92 Å². The Morgan fingerprint density at radius 3 is 2.76 bits per heavy atom. The van der Waals surface area contributed by atoms with Crippen LogP contribution in [-0.2, 0) is 22.5 Å². The largest absolute Gasteiger partial charge is 0.374 e. The maximum atomic E-state index is 13.0. The monoisotopic (exact) mass is 451 g/mol. The number of nitrogens with one attached hydrogen (secondary N) is 2. The van der Waals surface area contributed by atoms with E-state index in [4.69, 9.17) is 4.74 Å². The van der Waals surface area contributed by atoms with Gasteiger partial charge in [-0.3, -0.25) is 9.59 Å². The topological polar surface area (TPSA) is 70.7 Å². The molecule has 5 rings (SSSR count). The molecular formula is C27H37N3O3. The Morgan fingerprint density at radius 1 is 1.18 bits per heavy atom. The summed E-state index contributed by atoms with van der Waals surface area (Å²) in [7, 11) is 0. The number of carbonyl (C=O) groups excluding carboxylic acids is 2. The van der Waals surface area contributed by atoms with E-state index in [1.54, 1.807) is 4.90 Å². The molecule has 0 bridgehead atoms. The van der Waals surface area contributed by atoms with Crippen LogP contribution >= 0.6 is 0 Å². The maximum absolute atomic E-state index is 13.0. The SMILES string of the molecule is C=C1CCC(N2Cc3cc(C[C@H]4CCCC[C@@H]4N[C@@H]4CCOC4(C)C)ccc3C2=O)C(=O)N1. The summed E-state index contributed by atoms with van der Waals surface area (Å²) in [6.45, 7) is 9.60. The first kappa shape index (κ1) is 22.6. The summed E-state index contributed by atoms with van der Waals surface area (Å²) in [5, 5.41) is 6.77. The number of carbonyl (C=O) groups is 2. The number of hydrogen-bond acceptors (Lipinski definition) is 4. The number of rotatable bonds is 5. The maximum Gasteiger partial charge on any atom is 0.255 e. The second-order valence-corrected chi connectivity index (χ2v) is 10.9. The van der Waals surface area contributed by atoms with Crippen LogP contribution in [0.15, 0.2) is 30.5 Å². The lowest BCUT2D eigenvalue weighted by atomic mass is 9.79. The molecule has 3 aliphatic heterocycles. The molecule has 2 N–H and O–H groups in total. The second-order valence-electron chi connectivity index (χ2n) is 10.9. The number of ether oxygens (including phenoxy) is 1. The zero-order valence-electron chi connectivity index (χ0n) is 20.0. The van der Waals surface area contributed by atoms with Crippen molar-refractivity contribution in [3.05, 3.63) is 47.2 Å². The summed E-state index contributed by atoms with van der Waals surface area (Å²) in [6.07, 6.45) is 8.50. The van der Waals surface area contributed by atoms with Crippen molar-refractivity contribution in [2.24, 2.45) is 5.92 Å². The summed E-state index contributed by atoms with van der Waals surface area (Å²) in [5.41, 5.74) is 3.74. The van der Waals surface area contributed by atoms with E-state index in [1.807, 2.05) is 6.07 Å². The molecule has 1 aromatic rings. The molecule has 1 aliphatic carbocycles. The van der Waals surface area contributed by atoms with Gasteiger partial charge >= 0.3 is 0 Å². The number of amides is 2. The normalized spacial score (nSPS) is 31.6. The van der Waals surface area contributed by atoms with Gasteiger partial charge in [0.2, 0.25) is 5.91 Å². The van der Waals surface area contributed by atoms with Crippen molar-refractivity contribution in [2.75, 3.05) is 6.61 Å². The van der Waals surface area contributed by atoms with Crippen molar-refractivity contribution in [3.8, 4) is 0 Å². The van der Waals surface area contributed by atoms with E-state index in [-0.39, 0.29) is 17.4 Å². The van der Waals surface area contributed by atoms with Gasteiger partial charge in [-0.05, 0) is 75.5 Å². The molecule has 1 saturated carbocycles. The third-order valence-electron chi connectivity index (χ3n) is 8.24. The smallest absolute Gasteiger partial charge is 0.255 e. The molecule has 178 valence electrons. The average Bonchev–Trinajstić information content (AvgIpc) is 3.28. The second kappa shape index (κ2) is 8.88. The minimum atomic E-state index is -0.400. The van der Waals surface area contributed by atoms with Gasteiger partial charge in [0.15, 0.2) is 0 Å². The number of benzene rings is 1. The van der Waals surface area contributed by atoms with Gasteiger partial charge in [0, 0.05) is 36.5 Å². The first-order valence-electron chi connectivity index (χ1n) is 12.6. The minimum absolute atomic E-state index is 0.0233. The Balaban J connectivity index is 1.27. The summed E-state index contributed by atoms with van der Waals surface area (Å²) in [4.78, 5) is 27.2. The lowest BCUT2D eigenvalue weighted by molar-refractivity contribution is -0.126.